The van der Waals surface area contributed by atoms with E-state index < -0.39 is 0 Å². The van der Waals surface area contributed by atoms with Gasteiger partial charge in [0.15, 0.2) is 0 Å². The summed E-state index contributed by atoms with van der Waals surface area (Å²) in [5.41, 5.74) is 0. The first-order valence-corrected chi connectivity index (χ1v) is 6.36. The van der Waals surface area contributed by atoms with Crippen LogP contribution in [0.2, 0.25) is 0 Å². The third kappa shape index (κ3) is 3.84. The summed E-state index contributed by atoms with van der Waals surface area (Å²) in [5, 5.41) is 0. The van der Waals surface area contributed by atoms with Crippen molar-refractivity contribution in [3.05, 3.63) is 0 Å². The topological polar surface area (TPSA) is 20.3 Å². The fourth-order valence-electron chi connectivity index (χ4n) is 1.71. The molecule has 0 spiro atoms. The highest BCUT2D eigenvalue weighted by Crippen LogP contribution is 2.29. The van der Waals surface area contributed by atoms with Crippen molar-refractivity contribution < 1.29 is 4.79 Å². The molecule has 0 aliphatic heterocycles. The van der Waals surface area contributed by atoms with Gasteiger partial charge in [-0.05, 0) is 31.6 Å². The third-order valence-electron chi connectivity index (χ3n) is 3.25. The van der Waals surface area contributed by atoms with E-state index in [1.807, 2.05) is 6.92 Å². The highest BCUT2D eigenvalue weighted by molar-refractivity contribution is 5.79. The predicted molar refractivity (Wildman–Crippen MR) is 63.6 cm³/mol. The predicted octanol–water partition coefficient (Wildman–Crippen LogP) is 3.07. The van der Waals surface area contributed by atoms with Crippen LogP contribution in [0.5, 0.6) is 0 Å². The van der Waals surface area contributed by atoms with Crippen molar-refractivity contribution >= 4 is 5.91 Å². The third-order valence-corrected chi connectivity index (χ3v) is 3.25. The summed E-state index contributed by atoms with van der Waals surface area (Å²) in [7, 11) is 0. The van der Waals surface area contributed by atoms with Gasteiger partial charge in [0.1, 0.15) is 0 Å². The molecule has 0 N–H and O–H groups in total. The van der Waals surface area contributed by atoms with Gasteiger partial charge in [-0.15, -0.1) is 0 Å². The van der Waals surface area contributed by atoms with E-state index in [9.17, 15) is 4.79 Å². The highest BCUT2D eigenvalue weighted by Gasteiger charge is 2.33. The molecule has 0 heterocycles. The van der Waals surface area contributed by atoms with Gasteiger partial charge < -0.3 is 4.90 Å². The Morgan fingerprint density at radius 3 is 2.33 bits per heavy atom. The van der Waals surface area contributed by atoms with Crippen LogP contribution in [0.1, 0.15) is 53.4 Å². The number of carbonyl (C=O) groups excluding carboxylic acids is 1. The molecular formula is C13H25NO. The van der Waals surface area contributed by atoms with Gasteiger partial charge >= 0.3 is 0 Å². The van der Waals surface area contributed by atoms with Crippen molar-refractivity contribution in [2.45, 2.75) is 59.4 Å². The second kappa shape index (κ2) is 5.53. The molecule has 1 saturated carbocycles. The molecule has 1 unspecified atom stereocenters. The van der Waals surface area contributed by atoms with Crippen LogP contribution in [0.15, 0.2) is 0 Å². The van der Waals surface area contributed by atoms with Crippen molar-refractivity contribution in [1.82, 2.24) is 4.90 Å². The van der Waals surface area contributed by atoms with Crippen molar-refractivity contribution in [2.75, 3.05) is 6.54 Å². The van der Waals surface area contributed by atoms with Crippen LogP contribution in [-0.4, -0.2) is 23.4 Å². The Bertz CT molecular complexity index is 209. The first kappa shape index (κ1) is 12.5. The summed E-state index contributed by atoms with van der Waals surface area (Å²) in [6.07, 6.45) is 4.54. The number of nitrogens with zero attached hydrogens (tertiary/aromatic N) is 1. The van der Waals surface area contributed by atoms with Crippen LogP contribution in [0.4, 0.5) is 0 Å². The number of carbonyl (C=O) groups is 1. The molecule has 1 amide bonds. The molecule has 0 saturated heterocycles. The van der Waals surface area contributed by atoms with E-state index in [1.165, 1.54) is 12.8 Å². The molecule has 2 nitrogen and oxygen atoms in total. The number of rotatable bonds is 6. The van der Waals surface area contributed by atoms with Crippen molar-refractivity contribution in [3.63, 3.8) is 0 Å². The van der Waals surface area contributed by atoms with Crippen molar-refractivity contribution in [3.8, 4) is 0 Å². The van der Waals surface area contributed by atoms with E-state index in [0.29, 0.717) is 17.9 Å². The molecule has 1 fully saturated rings. The van der Waals surface area contributed by atoms with E-state index in [4.69, 9.17) is 0 Å². The van der Waals surface area contributed by atoms with Crippen LogP contribution in [0.3, 0.4) is 0 Å². The van der Waals surface area contributed by atoms with E-state index in [-0.39, 0.29) is 5.92 Å². The van der Waals surface area contributed by atoms with E-state index in [1.54, 1.807) is 0 Å². The van der Waals surface area contributed by atoms with Crippen molar-refractivity contribution in [1.29, 1.82) is 0 Å². The van der Waals surface area contributed by atoms with Gasteiger partial charge in [-0.2, -0.15) is 0 Å². The highest BCUT2D eigenvalue weighted by atomic mass is 16.2. The van der Waals surface area contributed by atoms with Crippen molar-refractivity contribution in [2.24, 2.45) is 11.8 Å². The second-order valence-corrected chi connectivity index (χ2v) is 5.25. The Morgan fingerprint density at radius 1 is 1.33 bits per heavy atom. The zero-order valence-corrected chi connectivity index (χ0v) is 10.6. The molecule has 2 heteroatoms. The minimum atomic E-state index is 0.206. The molecule has 0 radical (unpaired) electrons. The average Bonchev–Trinajstić information content (AvgIpc) is 3.00. The lowest BCUT2D eigenvalue weighted by Gasteiger charge is -2.26. The van der Waals surface area contributed by atoms with Gasteiger partial charge in [0, 0.05) is 18.5 Å². The first-order valence-electron chi connectivity index (χ1n) is 6.36. The fraction of sp³-hybridized carbons (Fsp3) is 0.923. The largest absolute Gasteiger partial charge is 0.339 e. The molecule has 0 bridgehead atoms. The maximum atomic E-state index is 12.1. The minimum absolute atomic E-state index is 0.206. The normalized spacial score (nSPS) is 17.9. The maximum Gasteiger partial charge on any atom is 0.225 e. The van der Waals surface area contributed by atoms with E-state index >= 15 is 0 Å². The molecule has 1 aliphatic carbocycles. The summed E-state index contributed by atoms with van der Waals surface area (Å²) in [5.74, 6) is 1.27. The molecule has 88 valence electrons. The number of amides is 1. The summed E-state index contributed by atoms with van der Waals surface area (Å²) in [6, 6.07) is 0.574. The Kier molecular flexibility index (Phi) is 4.62. The molecule has 0 aromatic rings. The van der Waals surface area contributed by atoms with Gasteiger partial charge in [0.25, 0.3) is 0 Å². The summed E-state index contributed by atoms with van der Waals surface area (Å²) in [4.78, 5) is 14.2. The minimum Gasteiger partial charge on any atom is -0.339 e. The van der Waals surface area contributed by atoms with Gasteiger partial charge in [-0.3, -0.25) is 4.79 Å². The Hall–Kier alpha value is -0.530. The SMILES string of the molecule is CCC(C)C(=O)N(CCC(C)C)C1CC1. The molecule has 15 heavy (non-hydrogen) atoms. The fourth-order valence-corrected chi connectivity index (χ4v) is 1.71. The van der Waals surface area contributed by atoms with Gasteiger partial charge in [0.05, 0.1) is 0 Å². The molecule has 0 aromatic heterocycles. The van der Waals surface area contributed by atoms with E-state index in [2.05, 4.69) is 25.7 Å². The van der Waals surface area contributed by atoms with Crippen LogP contribution in [-0.2, 0) is 4.79 Å². The Morgan fingerprint density at radius 2 is 1.93 bits per heavy atom. The molecular weight excluding hydrogens is 186 g/mol. The van der Waals surface area contributed by atoms with Crippen LogP contribution in [0, 0.1) is 11.8 Å². The Labute approximate surface area is 94.0 Å². The summed E-state index contributed by atoms with van der Waals surface area (Å²) >= 11 is 0. The lowest BCUT2D eigenvalue weighted by Crippen LogP contribution is -2.38. The average molecular weight is 211 g/mol. The zero-order chi connectivity index (χ0) is 11.4. The monoisotopic (exact) mass is 211 g/mol. The standard InChI is InChI=1S/C13H25NO/c1-5-11(4)13(15)14(12-6-7-12)9-8-10(2)3/h10-12H,5-9H2,1-4H3. The molecule has 1 rings (SSSR count). The van der Waals surface area contributed by atoms with Crippen LogP contribution < -0.4 is 0 Å². The lowest BCUT2D eigenvalue weighted by molar-refractivity contribution is -0.135. The second-order valence-electron chi connectivity index (χ2n) is 5.25. The van der Waals surface area contributed by atoms with Gasteiger partial charge in [-0.25, -0.2) is 0 Å². The van der Waals surface area contributed by atoms with Crippen LogP contribution >= 0.6 is 0 Å². The maximum absolute atomic E-state index is 12.1. The summed E-state index contributed by atoms with van der Waals surface area (Å²) in [6.45, 7) is 9.55. The smallest absolute Gasteiger partial charge is 0.225 e. The number of hydrogen-bond donors (Lipinski definition) is 0. The number of hydrogen-bond acceptors (Lipinski definition) is 1. The first-order chi connectivity index (χ1) is 7.06. The Balaban J connectivity index is 2.45. The summed E-state index contributed by atoms with van der Waals surface area (Å²) < 4.78 is 0. The van der Waals surface area contributed by atoms with E-state index in [0.717, 1.165) is 19.4 Å². The van der Waals surface area contributed by atoms with Gasteiger partial charge in [-0.1, -0.05) is 27.7 Å². The molecule has 0 aromatic carbocycles. The van der Waals surface area contributed by atoms with Gasteiger partial charge in [0.2, 0.25) is 5.91 Å². The quantitative estimate of drug-likeness (QED) is 0.661. The molecule has 1 atom stereocenters. The van der Waals surface area contributed by atoms with Crippen LogP contribution in [0.25, 0.3) is 0 Å². The lowest BCUT2D eigenvalue weighted by atomic mass is 10.1. The molecule has 1 aliphatic rings. The zero-order valence-electron chi connectivity index (χ0n) is 10.6.